The van der Waals surface area contributed by atoms with Crippen LogP contribution in [0.2, 0.25) is 0 Å². The number of likely N-dealkylation sites (tertiary alicyclic amines) is 1. The van der Waals surface area contributed by atoms with Gasteiger partial charge in [-0.15, -0.1) is 24.0 Å². The van der Waals surface area contributed by atoms with Crippen LogP contribution in [0.3, 0.4) is 0 Å². The largest absolute Gasteiger partial charge is 0.488 e. The van der Waals surface area contributed by atoms with Crippen molar-refractivity contribution >= 4 is 41.8 Å². The zero-order valence-corrected chi connectivity index (χ0v) is 19.2. The van der Waals surface area contributed by atoms with Crippen molar-refractivity contribution < 1.29 is 14.3 Å². The van der Waals surface area contributed by atoms with Crippen molar-refractivity contribution in [2.24, 2.45) is 28.7 Å². The summed E-state index contributed by atoms with van der Waals surface area (Å²) in [6, 6.07) is 8.08. The SMILES string of the molecule is CN=C(NCCN1C(=O)C2C3C=CC(C3)C2C1=O)NCC1Cc2ccccc2O1.I. The highest BCUT2D eigenvalue weighted by molar-refractivity contribution is 14.0. The molecule has 4 aliphatic rings. The number of carbonyl (C=O) groups is 2. The monoisotopic (exact) mass is 522 g/mol. The van der Waals surface area contributed by atoms with Gasteiger partial charge in [0, 0.05) is 26.6 Å². The number of nitrogens with one attached hydrogen (secondary N) is 2. The maximum atomic E-state index is 12.7. The number of hydrogen-bond donors (Lipinski definition) is 2. The summed E-state index contributed by atoms with van der Waals surface area (Å²) in [7, 11) is 1.71. The Labute approximate surface area is 193 Å². The molecule has 2 amide bonds. The van der Waals surface area contributed by atoms with Gasteiger partial charge in [-0.1, -0.05) is 30.4 Å². The molecule has 2 fully saturated rings. The quantitative estimate of drug-likeness (QED) is 0.202. The molecule has 5 unspecified atom stereocenters. The summed E-state index contributed by atoms with van der Waals surface area (Å²) in [5, 5.41) is 6.48. The molecule has 0 aromatic heterocycles. The van der Waals surface area contributed by atoms with E-state index in [1.807, 2.05) is 18.2 Å². The number of ether oxygens (including phenoxy) is 1. The van der Waals surface area contributed by atoms with Crippen LogP contribution in [0.15, 0.2) is 41.4 Å². The lowest BCUT2D eigenvalue weighted by atomic mass is 9.85. The van der Waals surface area contributed by atoms with E-state index < -0.39 is 0 Å². The number of amides is 2. The number of hydrogen-bond acceptors (Lipinski definition) is 4. The van der Waals surface area contributed by atoms with E-state index in [4.69, 9.17) is 4.74 Å². The first-order chi connectivity index (χ1) is 14.2. The Hall–Kier alpha value is -2.10. The molecule has 2 N–H and O–H groups in total. The zero-order valence-electron chi connectivity index (χ0n) is 16.9. The summed E-state index contributed by atoms with van der Waals surface area (Å²) in [5.41, 5.74) is 1.22. The number of aliphatic imine (C=N–C) groups is 1. The first kappa shape index (κ1) is 21.1. The van der Waals surface area contributed by atoms with Crippen LogP contribution < -0.4 is 15.4 Å². The van der Waals surface area contributed by atoms with E-state index in [0.717, 1.165) is 18.6 Å². The summed E-state index contributed by atoms with van der Waals surface area (Å²) in [6.45, 7) is 1.48. The molecule has 1 saturated heterocycles. The summed E-state index contributed by atoms with van der Waals surface area (Å²) < 4.78 is 5.94. The van der Waals surface area contributed by atoms with Crippen LogP contribution in [0.25, 0.3) is 0 Å². The molecule has 5 rings (SSSR count). The van der Waals surface area contributed by atoms with Crippen molar-refractivity contribution in [2.75, 3.05) is 26.7 Å². The molecule has 2 heterocycles. The normalized spacial score (nSPS) is 30.8. The van der Waals surface area contributed by atoms with Crippen molar-refractivity contribution in [1.29, 1.82) is 0 Å². The van der Waals surface area contributed by atoms with Gasteiger partial charge in [-0.05, 0) is 29.9 Å². The fourth-order valence-electron chi connectivity index (χ4n) is 5.27. The van der Waals surface area contributed by atoms with Gasteiger partial charge >= 0.3 is 0 Å². The molecule has 30 heavy (non-hydrogen) atoms. The first-order valence-corrected chi connectivity index (χ1v) is 10.4. The standard InChI is InChI=1S/C22H26N4O3.HI/c1-23-22(25-12-16-11-13-4-2-3-5-17(13)29-16)24-8-9-26-20(27)18-14-6-7-15(10-14)19(18)21(26)28;/h2-7,14-16,18-19H,8-12H2,1H3,(H2,23,24,25);1H. The highest BCUT2D eigenvalue weighted by atomic mass is 127. The fourth-order valence-corrected chi connectivity index (χ4v) is 5.27. The van der Waals surface area contributed by atoms with Gasteiger partial charge in [0.15, 0.2) is 5.96 Å². The van der Waals surface area contributed by atoms with Crippen molar-refractivity contribution in [3.8, 4) is 5.75 Å². The molecule has 5 atom stereocenters. The number of rotatable bonds is 5. The van der Waals surface area contributed by atoms with Crippen molar-refractivity contribution in [1.82, 2.24) is 15.5 Å². The van der Waals surface area contributed by atoms with Gasteiger partial charge in [0.05, 0.1) is 18.4 Å². The van der Waals surface area contributed by atoms with Gasteiger partial charge in [0.1, 0.15) is 11.9 Å². The van der Waals surface area contributed by atoms with Gasteiger partial charge < -0.3 is 15.4 Å². The third-order valence-electron chi connectivity index (χ3n) is 6.62. The Bertz CT molecular complexity index is 847. The molecule has 1 saturated carbocycles. The van der Waals surface area contributed by atoms with Gasteiger partial charge in [-0.25, -0.2) is 0 Å². The van der Waals surface area contributed by atoms with E-state index in [9.17, 15) is 9.59 Å². The van der Waals surface area contributed by atoms with E-state index >= 15 is 0 Å². The fraction of sp³-hybridized carbons (Fsp3) is 0.500. The lowest BCUT2D eigenvalue weighted by molar-refractivity contribution is -0.140. The molecule has 0 radical (unpaired) electrons. The minimum Gasteiger partial charge on any atom is -0.488 e. The number of imide groups is 1. The zero-order chi connectivity index (χ0) is 20.0. The maximum Gasteiger partial charge on any atom is 0.233 e. The van der Waals surface area contributed by atoms with E-state index in [0.29, 0.717) is 25.6 Å². The van der Waals surface area contributed by atoms with Crippen molar-refractivity contribution in [3.63, 3.8) is 0 Å². The Morgan fingerprint density at radius 2 is 1.83 bits per heavy atom. The number of guanidine groups is 1. The van der Waals surface area contributed by atoms with Gasteiger partial charge in [0.25, 0.3) is 0 Å². The topological polar surface area (TPSA) is 83.0 Å². The third-order valence-corrected chi connectivity index (χ3v) is 6.62. The number of nitrogens with zero attached hydrogens (tertiary/aromatic N) is 2. The second kappa shape index (κ2) is 8.56. The number of fused-ring (bicyclic) bond motifs is 6. The molecule has 7 nitrogen and oxygen atoms in total. The number of para-hydroxylation sites is 1. The van der Waals surface area contributed by atoms with Crippen LogP contribution in [0.1, 0.15) is 12.0 Å². The van der Waals surface area contributed by atoms with Crippen LogP contribution in [-0.2, 0) is 16.0 Å². The average molecular weight is 522 g/mol. The molecule has 2 aliphatic heterocycles. The predicted molar refractivity (Wildman–Crippen MR) is 124 cm³/mol. The molecule has 1 aromatic rings. The van der Waals surface area contributed by atoms with E-state index in [-0.39, 0.29) is 65.6 Å². The molecule has 160 valence electrons. The van der Waals surface area contributed by atoms with Gasteiger partial charge in [-0.2, -0.15) is 0 Å². The first-order valence-electron chi connectivity index (χ1n) is 10.4. The molecule has 2 bridgehead atoms. The molecular weight excluding hydrogens is 495 g/mol. The van der Waals surface area contributed by atoms with Crippen LogP contribution in [0.5, 0.6) is 5.75 Å². The second-order valence-electron chi connectivity index (χ2n) is 8.26. The predicted octanol–water partition coefficient (Wildman–Crippen LogP) is 1.58. The lowest BCUT2D eigenvalue weighted by Crippen LogP contribution is -2.45. The Morgan fingerprint density at radius 3 is 2.50 bits per heavy atom. The number of benzene rings is 1. The Morgan fingerprint density at radius 1 is 1.13 bits per heavy atom. The van der Waals surface area contributed by atoms with Gasteiger partial charge in [0.2, 0.25) is 11.8 Å². The average Bonchev–Trinajstić information content (AvgIpc) is 3.49. The molecule has 1 aromatic carbocycles. The molecule has 2 aliphatic carbocycles. The Kier molecular flexibility index (Phi) is 6.04. The highest BCUT2D eigenvalue weighted by Crippen LogP contribution is 2.52. The number of allylic oxidation sites excluding steroid dienone is 2. The molecule has 0 spiro atoms. The van der Waals surface area contributed by atoms with E-state index in [2.05, 4.69) is 33.8 Å². The van der Waals surface area contributed by atoms with E-state index in [1.54, 1.807) is 7.05 Å². The maximum absolute atomic E-state index is 12.7. The summed E-state index contributed by atoms with van der Waals surface area (Å²) in [5.74, 6) is 1.84. The van der Waals surface area contributed by atoms with Crippen LogP contribution in [-0.4, -0.2) is 55.5 Å². The lowest BCUT2D eigenvalue weighted by Gasteiger charge is -2.19. The van der Waals surface area contributed by atoms with Gasteiger partial charge in [-0.3, -0.25) is 19.5 Å². The molecule has 8 heteroatoms. The van der Waals surface area contributed by atoms with Crippen LogP contribution >= 0.6 is 24.0 Å². The van der Waals surface area contributed by atoms with Crippen molar-refractivity contribution in [2.45, 2.75) is 18.9 Å². The third kappa shape index (κ3) is 3.59. The second-order valence-corrected chi connectivity index (χ2v) is 8.26. The van der Waals surface area contributed by atoms with Crippen molar-refractivity contribution in [3.05, 3.63) is 42.0 Å². The summed E-state index contributed by atoms with van der Waals surface area (Å²) in [4.78, 5) is 31.1. The summed E-state index contributed by atoms with van der Waals surface area (Å²) >= 11 is 0. The highest BCUT2D eigenvalue weighted by Gasteiger charge is 2.58. The minimum absolute atomic E-state index is 0. The molecular formula is C22H27IN4O3. The Balaban J connectivity index is 0.00000218. The van der Waals surface area contributed by atoms with Crippen LogP contribution in [0, 0.1) is 23.7 Å². The van der Waals surface area contributed by atoms with Crippen LogP contribution in [0.4, 0.5) is 0 Å². The smallest absolute Gasteiger partial charge is 0.233 e. The number of carbonyl (C=O) groups excluding carboxylic acids is 2. The van der Waals surface area contributed by atoms with E-state index in [1.165, 1.54) is 10.5 Å². The minimum atomic E-state index is -0.129. The summed E-state index contributed by atoms with van der Waals surface area (Å²) in [6.07, 6.45) is 6.13. The number of halogens is 1.